The summed E-state index contributed by atoms with van der Waals surface area (Å²) in [5, 5.41) is 0. The summed E-state index contributed by atoms with van der Waals surface area (Å²) < 4.78 is 74.2. The van der Waals surface area contributed by atoms with E-state index in [-0.39, 0.29) is 60.6 Å². The van der Waals surface area contributed by atoms with E-state index in [2.05, 4.69) is 19.8 Å². The van der Waals surface area contributed by atoms with Crippen LogP contribution in [0, 0.1) is 13.8 Å². The number of hydrogen-bond acceptors (Lipinski definition) is 20. The van der Waals surface area contributed by atoms with E-state index in [1.165, 1.54) is 21.5 Å². The van der Waals surface area contributed by atoms with E-state index in [1.807, 2.05) is 100 Å². The number of nitrogens with zero attached hydrogens (tertiary/aromatic N) is 6. The second kappa shape index (κ2) is 33.1. The van der Waals surface area contributed by atoms with Gasteiger partial charge >= 0.3 is 35.9 Å². The van der Waals surface area contributed by atoms with Crippen molar-refractivity contribution in [2.24, 2.45) is 0 Å². The van der Waals surface area contributed by atoms with E-state index in [4.69, 9.17) is 37.9 Å². The lowest BCUT2D eigenvalue weighted by atomic mass is 10.0. The lowest BCUT2D eigenvalue weighted by molar-refractivity contribution is -0.0387. The molecule has 0 aliphatic carbocycles. The third-order valence-electron chi connectivity index (χ3n) is 17.6. The van der Waals surface area contributed by atoms with Crippen molar-refractivity contribution in [3.8, 4) is 0 Å². The first-order chi connectivity index (χ1) is 46.0. The van der Waals surface area contributed by atoms with Gasteiger partial charge in [0.25, 0.3) is 11.1 Å². The average Bonchev–Trinajstić information content (AvgIpc) is 1.62. The zero-order valence-corrected chi connectivity index (χ0v) is 56.5. The number of amides is 2. The number of aromatic nitrogens is 4. The Kier molecular flexibility index (Phi) is 24.8. The molecule has 0 saturated carbocycles. The van der Waals surface area contributed by atoms with Crippen molar-refractivity contribution in [1.29, 1.82) is 0 Å². The van der Waals surface area contributed by atoms with Crippen molar-refractivity contribution in [3.63, 3.8) is 0 Å². The molecule has 7 heterocycles. The van der Waals surface area contributed by atoms with Crippen LogP contribution in [0.1, 0.15) is 139 Å². The smallest absolute Gasteiger partial charge is 0.444 e. The Morgan fingerprint density at radius 1 is 0.604 bits per heavy atom. The molecule has 5 aliphatic rings. The second-order valence-electron chi connectivity index (χ2n) is 25.8. The van der Waals surface area contributed by atoms with Crippen molar-refractivity contribution in [2.75, 3.05) is 59.1 Å². The van der Waals surface area contributed by atoms with E-state index in [0.29, 0.717) is 81.9 Å². The molecule has 0 spiro atoms. The number of ether oxygens (including phenoxy) is 8. The predicted molar refractivity (Wildman–Crippen MR) is 354 cm³/mol. The summed E-state index contributed by atoms with van der Waals surface area (Å²) >= 11 is 0. The molecule has 2 unspecified atom stereocenters. The van der Waals surface area contributed by atoms with Crippen LogP contribution in [-0.4, -0.2) is 173 Å². The molecular weight excluding hydrogens is 1260 g/mol. The van der Waals surface area contributed by atoms with Gasteiger partial charge in [0.2, 0.25) is 9.84 Å². The molecule has 0 bridgehead atoms. The maximum Gasteiger partial charge on any atom is 0.508 e. The van der Waals surface area contributed by atoms with Gasteiger partial charge in [0.15, 0.2) is 0 Å². The Labute approximate surface area is 558 Å². The highest BCUT2D eigenvalue weighted by atomic mass is 32.2. The van der Waals surface area contributed by atoms with E-state index in [1.54, 1.807) is 49.1 Å². The number of aryl methyl sites for hydroxylation is 2. The molecule has 26 nitrogen and oxygen atoms in total. The number of nitrogens with one attached hydrogen (secondary N) is 2. The number of carbonyl (C=O) groups is 4. The third-order valence-corrected chi connectivity index (χ3v) is 19.5. The number of benzene rings is 3. The lowest BCUT2D eigenvalue weighted by Crippen LogP contribution is -2.51. The van der Waals surface area contributed by atoms with Gasteiger partial charge in [-0.2, -0.15) is 0 Å². The first-order valence-corrected chi connectivity index (χ1v) is 34.6. The highest BCUT2D eigenvalue weighted by molar-refractivity contribution is 7.95. The third kappa shape index (κ3) is 19.2. The molecule has 27 heteroatoms. The van der Waals surface area contributed by atoms with Gasteiger partial charge in [-0.25, -0.2) is 37.2 Å². The fraction of sp³-hybridized carbons (Fsp3) is 0.536. The number of hydrogen-bond donors (Lipinski definition) is 2. The van der Waals surface area contributed by atoms with Gasteiger partial charge in [0.05, 0.1) is 22.0 Å². The van der Waals surface area contributed by atoms with Gasteiger partial charge in [-0.15, -0.1) is 0 Å². The highest BCUT2D eigenvalue weighted by Crippen LogP contribution is 2.35. The van der Waals surface area contributed by atoms with Gasteiger partial charge in [0, 0.05) is 101 Å². The van der Waals surface area contributed by atoms with Crippen LogP contribution in [0.2, 0.25) is 0 Å². The normalized spacial score (nSPS) is 22.2. The first kappa shape index (κ1) is 71.9. The maximum absolute atomic E-state index is 13.4. The quantitative estimate of drug-likeness (QED) is 0.0483. The summed E-state index contributed by atoms with van der Waals surface area (Å²) in [4.78, 5) is 113. The number of fused-ring (bicyclic) bond motifs is 1. The van der Waals surface area contributed by atoms with Gasteiger partial charge in [0.1, 0.15) is 50.1 Å². The molecule has 0 radical (unpaired) electrons. The molecule has 2 aromatic heterocycles. The minimum Gasteiger partial charge on any atom is -0.444 e. The second-order valence-corrected chi connectivity index (χ2v) is 27.8. The minimum absolute atomic E-state index is 0.0157. The number of sulfone groups is 1. The molecule has 4 fully saturated rings. The molecule has 2 N–H and O–H groups in total. The number of likely N-dealkylation sites (tertiary alicyclic amines) is 2. The monoisotopic (exact) mass is 1350 g/mol. The molecule has 10 rings (SSSR count). The van der Waals surface area contributed by atoms with Crippen LogP contribution in [0.15, 0.2) is 126 Å². The predicted octanol–water partition coefficient (Wildman–Crippen LogP) is 8.74. The maximum atomic E-state index is 13.4. The van der Waals surface area contributed by atoms with E-state index in [0.717, 1.165) is 49.7 Å². The van der Waals surface area contributed by atoms with Crippen molar-refractivity contribution in [1.82, 2.24) is 38.7 Å². The number of piperidine rings is 2. The van der Waals surface area contributed by atoms with E-state index >= 15 is 0 Å². The van der Waals surface area contributed by atoms with Crippen LogP contribution in [-0.2, 0) is 60.8 Å². The molecular formula is C69H90N8O18S. The molecule has 5 aromatic rings. The van der Waals surface area contributed by atoms with Crippen molar-refractivity contribution >= 4 is 40.4 Å². The largest absolute Gasteiger partial charge is 0.508 e. The molecule has 4 saturated heterocycles. The summed E-state index contributed by atoms with van der Waals surface area (Å²) in [6, 6.07) is 26.3. The zero-order valence-electron chi connectivity index (χ0n) is 55.7. The van der Waals surface area contributed by atoms with Gasteiger partial charge in [-0.05, 0) is 115 Å². The average molecular weight is 1350 g/mol. The Balaban J connectivity index is 0.000000229. The topological polar surface area (TPSA) is 299 Å². The Morgan fingerprint density at radius 3 is 1.50 bits per heavy atom. The fourth-order valence-corrected chi connectivity index (χ4v) is 14.1. The van der Waals surface area contributed by atoms with Gasteiger partial charge in [-0.1, -0.05) is 92.7 Å². The number of aromatic amines is 2. The molecule has 3 aromatic carbocycles. The highest BCUT2D eigenvalue weighted by Gasteiger charge is 2.41. The van der Waals surface area contributed by atoms with Crippen LogP contribution < -0.4 is 22.5 Å². The number of carbonyl (C=O) groups excluding carboxylic acids is 4. The van der Waals surface area contributed by atoms with Crippen LogP contribution in [0.25, 0.3) is 6.08 Å². The van der Waals surface area contributed by atoms with Crippen molar-refractivity contribution < 1.29 is 65.5 Å². The van der Waals surface area contributed by atoms with Gasteiger partial charge < -0.3 is 47.7 Å². The number of rotatable bonds is 22. The van der Waals surface area contributed by atoms with E-state index in [9.17, 15) is 46.8 Å². The molecule has 2 amide bonds. The minimum atomic E-state index is -3.72. The van der Waals surface area contributed by atoms with Crippen LogP contribution >= 0.6 is 0 Å². The molecule has 520 valence electrons. The summed E-state index contributed by atoms with van der Waals surface area (Å²) in [7, 11) is -3.72. The summed E-state index contributed by atoms with van der Waals surface area (Å²) in [5.41, 5.74) is 0.796. The number of H-pyrrole nitrogens is 2. The molecule has 5 aliphatic heterocycles. The lowest BCUT2D eigenvalue weighted by Gasteiger charge is -2.39. The SMILES string of the molecule is CC[C@H]1O[C@@H](n2cc(C)c(=O)[nH]c2=O)C[C@H]1OC(=O)OCCN(Cc1ccccc1)CC1CCCCN1C(=O)OC(C)(C)C.CC[C@H]1O[C@@H](n2cc(C)c(=O)[nH]c2=O)C[C@H]1OC(=O)OCCN(Cc1ccccc1)CC1CCCCN1C(=O)OCC1=Cc2ccccc2S1(=O)=O. The summed E-state index contributed by atoms with van der Waals surface area (Å²) in [5.74, 6) is 0. The molecule has 96 heavy (non-hydrogen) atoms. The van der Waals surface area contributed by atoms with Crippen molar-refractivity contribution in [2.45, 2.75) is 185 Å². The first-order valence-electron chi connectivity index (χ1n) is 33.1. The van der Waals surface area contributed by atoms with Gasteiger partial charge in [-0.3, -0.25) is 38.5 Å². The Morgan fingerprint density at radius 2 is 1.05 bits per heavy atom. The van der Waals surface area contributed by atoms with Crippen LogP contribution in [0.3, 0.4) is 0 Å². The summed E-state index contributed by atoms with van der Waals surface area (Å²) in [6.45, 7) is 16.5. The van der Waals surface area contributed by atoms with Crippen LogP contribution in [0.4, 0.5) is 19.2 Å². The summed E-state index contributed by atoms with van der Waals surface area (Å²) in [6.07, 6.45) is 5.17. The zero-order chi connectivity index (χ0) is 68.7. The Bertz CT molecular complexity index is 3870. The molecule has 8 atom stereocenters. The standard InChI is InChI=1S/C37H44N4O10S.C32H46N4O8/c1-3-30-31(20-33(50-30)41-21-25(2)34(42)38-35(41)43)51-37(45)48-18-17-39(22-26-11-5-4-6-12-26)23-28-14-9-10-16-40(28)36(44)49-24-29-19-27-13-7-8-15-32(27)52(29,46)47;1-6-25-26(18-27(42-25)36-19-22(2)28(37)33-29(36)38)43-31(40)41-17-16-34(20-23-12-8-7-9-13-23)21-24-14-10-11-15-35(24)30(39)44-32(3,4)5/h4-8,11-13,15,19,21,28,30-31,33H,3,9-10,14,16-18,20,22-24H2,1-2H3,(H,38,42,43);7-9,12-13,19,24-27H,6,10-11,14-18,20-21H2,1-5H3,(H,33,37,38)/t28?,30-,31-,33-;24?,25-,26-,27-/m11/s1. The van der Waals surface area contributed by atoms with E-state index < -0.39 is 93.2 Å². The fourth-order valence-electron chi connectivity index (χ4n) is 12.6. The van der Waals surface area contributed by atoms with Crippen LogP contribution in [0.5, 0.6) is 0 Å². The van der Waals surface area contributed by atoms with Crippen molar-refractivity contribution in [3.05, 3.63) is 172 Å². The Hall–Kier alpha value is -8.37.